The van der Waals surface area contributed by atoms with Gasteiger partial charge in [-0.05, 0) is 43.9 Å². The molecule has 0 saturated carbocycles. The lowest BCUT2D eigenvalue weighted by atomic mass is 10.0. The molecule has 0 bridgehead atoms. The summed E-state index contributed by atoms with van der Waals surface area (Å²) in [5.41, 5.74) is 3.11. The molecule has 0 aliphatic carbocycles. The van der Waals surface area contributed by atoms with Gasteiger partial charge in [-0.25, -0.2) is 4.79 Å². The molecule has 0 aliphatic rings. The molecule has 8 heteroatoms. The molecule has 0 atom stereocenters. The second-order valence-corrected chi connectivity index (χ2v) is 9.05. The van der Waals surface area contributed by atoms with Crippen LogP contribution in [0.5, 0.6) is 0 Å². The molecule has 2 N–H and O–H groups in total. The van der Waals surface area contributed by atoms with Crippen LogP contribution in [0.15, 0.2) is 76.5 Å². The maximum atomic E-state index is 13.0. The van der Waals surface area contributed by atoms with Crippen molar-refractivity contribution < 1.29 is 19.1 Å². The molecule has 33 heavy (non-hydrogen) atoms. The van der Waals surface area contributed by atoms with Gasteiger partial charge in [0.25, 0.3) is 5.91 Å². The molecule has 0 unspecified atom stereocenters. The average molecular weight is 481 g/mol. The topological polar surface area (TPSA) is 84.5 Å². The zero-order valence-electron chi connectivity index (χ0n) is 18.5. The smallest absolute Gasteiger partial charge is 0.342 e. The van der Waals surface area contributed by atoms with Crippen molar-refractivity contribution in [3.63, 3.8) is 0 Å². The Morgan fingerprint density at radius 1 is 1.03 bits per heavy atom. The minimum Gasteiger partial charge on any atom is -0.452 e. The Labute approximate surface area is 201 Å². The SMILES string of the molecule is CSc1cccc(NC(=O)COC(=O)c2c(-c3ccccc3)csc2NC(=O)C=C(C)C)c1. The van der Waals surface area contributed by atoms with Crippen molar-refractivity contribution in [1.82, 2.24) is 0 Å². The van der Waals surface area contributed by atoms with Crippen molar-refractivity contribution in [2.75, 3.05) is 23.5 Å². The van der Waals surface area contributed by atoms with Crippen LogP contribution in [0.4, 0.5) is 10.7 Å². The Balaban J connectivity index is 1.78. The Morgan fingerprint density at radius 3 is 2.48 bits per heavy atom. The fourth-order valence-corrected chi connectivity index (χ4v) is 4.41. The number of amides is 2. The summed E-state index contributed by atoms with van der Waals surface area (Å²) in [5.74, 6) is -1.47. The van der Waals surface area contributed by atoms with Crippen LogP contribution in [-0.2, 0) is 14.3 Å². The first-order chi connectivity index (χ1) is 15.9. The maximum Gasteiger partial charge on any atom is 0.342 e. The number of anilines is 2. The molecule has 1 heterocycles. The number of carbonyl (C=O) groups is 3. The number of hydrogen-bond donors (Lipinski definition) is 2. The maximum absolute atomic E-state index is 13.0. The normalized spacial score (nSPS) is 10.3. The molecule has 0 aliphatic heterocycles. The Hall–Kier alpha value is -3.36. The molecule has 170 valence electrons. The van der Waals surface area contributed by atoms with Gasteiger partial charge in [-0.15, -0.1) is 23.1 Å². The Kier molecular flexibility index (Phi) is 8.46. The van der Waals surface area contributed by atoms with Crippen LogP contribution in [0, 0.1) is 0 Å². The van der Waals surface area contributed by atoms with Gasteiger partial charge in [-0.2, -0.15) is 0 Å². The van der Waals surface area contributed by atoms with Gasteiger partial charge < -0.3 is 15.4 Å². The van der Waals surface area contributed by atoms with Gasteiger partial charge in [-0.1, -0.05) is 42.0 Å². The molecule has 0 saturated heterocycles. The van der Waals surface area contributed by atoms with Crippen LogP contribution in [0.25, 0.3) is 11.1 Å². The number of nitrogens with one attached hydrogen (secondary N) is 2. The van der Waals surface area contributed by atoms with E-state index in [2.05, 4.69) is 10.6 Å². The van der Waals surface area contributed by atoms with Crippen LogP contribution in [0.2, 0.25) is 0 Å². The van der Waals surface area contributed by atoms with E-state index in [1.54, 1.807) is 23.2 Å². The molecule has 6 nitrogen and oxygen atoms in total. The van der Waals surface area contributed by atoms with Crippen LogP contribution in [0.3, 0.4) is 0 Å². The number of carbonyl (C=O) groups excluding carboxylic acids is 3. The van der Waals surface area contributed by atoms with E-state index in [0.717, 1.165) is 16.0 Å². The van der Waals surface area contributed by atoms with E-state index in [9.17, 15) is 14.4 Å². The van der Waals surface area contributed by atoms with Crippen LogP contribution < -0.4 is 10.6 Å². The van der Waals surface area contributed by atoms with Crippen molar-refractivity contribution in [2.45, 2.75) is 18.7 Å². The standard InChI is InChI=1S/C25H24N2O4S2/c1-16(2)12-21(28)27-24-23(20(15-33-24)17-8-5-4-6-9-17)25(30)31-14-22(29)26-18-10-7-11-19(13-18)32-3/h4-13,15H,14H2,1-3H3,(H,26,29)(H,27,28). The van der Waals surface area contributed by atoms with Gasteiger partial charge in [-0.3, -0.25) is 9.59 Å². The second kappa shape index (κ2) is 11.5. The fraction of sp³-hybridized carbons (Fsp3) is 0.160. The number of allylic oxidation sites excluding steroid dienone is 1. The van der Waals surface area contributed by atoms with Crippen LogP contribution >= 0.6 is 23.1 Å². The fourth-order valence-electron chi connectivity index (χ4n) is 2.99. The van der Waals surface area contributed by atoms with E-state index in [1.165, 1.54) is 17.4 Å². The Bertz CT molecular complexity index is 1180. The quantitative estimate of drug-likeness (QED) is 0.240. The lowest BCUT2D eigenvalue weighted by Gasteiger charge is -2.10. The van der Waals surface area contributed by atoms with Gasteiger partial charge in [0.1, 0.15) is 10.6 Å². The number of thioether (sulfide) groups is 1. The summed E-state index contributed by atoms with van der Waals surface area (Å²) >= 11 is 2.79. The van der Waals surface area contributed by atoms with Crippen LogP contribution in [-0.4, -0.2) is 30.6 Å². The molecule has 0 radical (unpaired) electrons. The van der Waals surface area contributed by atoms with Gasteiger partial charge in [0, 0.05) is 27.6 Å². The number of rotatable bonds is 8. The summed E-state index contributed by atoms with van der Waals surface area (Å²) in [7, 11) is 0. The van der Waals surface area contributed by atoms with E-state index in [-0.39, 0.29) is 11.5 Å². The summed E-state index contributed by atoms with van der Waals surface area (Å²) in [4.78, 5) is 38.6. The van der Waals surface area contributed by atoms with Crippen molar-refractivity contribution in [2.24, 2.45) is 0 Å². The van der Waals surface area contributed by atoms with E-state index in [0.29, 0.717) is 16.3 Å². The first-order valence-electron chi connectivity index (χ1n) is 10.1. The summed E-state index contributed by atoms with van der Waals surface area (Å²) in [6.07, 6.45) is 3.40. The first-order valence-corrected chi connectivity index (χ1v) is 12.2. The predicted octanol–water partition coefficient (Wildman–Crippen LogP) is 5.84. The first kappa shape index (κ1) is 24.3. The molecule has 2 aromatic carbocycles. The molecule has 1 aromatic heterocycles. The highest BCUT2D eigenvalue weighted by Gasteiger charge is 2.23. The number of benzene rings is 2. The van der Waals surface area contributed by atoms with E-state index in [1.807, 2.05) is 68.6 Å². The number of hydrogen-bond acceptors (Lipinski definition) is 6. The monoisotopic (exact) mass is 480 g/mol. The third-order valence-corrected chi connectivity index (χ3v) is 6.05. The molecular formula is C25H24N2O4S2. The van der Waals surface area contributed by atoms with Gasteiger partial charge >= 0.3 is 5.97 Å². The van der Waals surface area contributed by atoms with Crippen molar-refractivity contribution in [3.05, 3.63) is 77.2 Å². The van der Waals surface area contributed by atoms with Crippen LogP contribution in [0.1, 0.15) is 24.2 Å². The zero-order valence-corrected chi connectivity index (χ0v) is 20.1. The van der Waals surface area contributed by atoms with Gasteiger partial charge in [0.05, 0.1) is 0 Å². The molecule has 2 amide bonds. The number of thiophene rings is 1. The van der Waals surface area contributed by atoms with Crippen molar-refractivity contribution in [1.29, 1.82) is 0 Å². The molecule has 0 fully saturated rings. The summed E-state index contributed by atoms with van der Waals surface area (Å²) < 4.78 is 5.33. The second-order valence-electron chi connectivity index (χ2n) is 7.29. The molecule has 3 rings (SSSR count). The summed E-state index contributed by atoms with van der Waals surface area (Å²) in [6, 6.07) is 16.7. The highest BCUT2D eigenvalue weighted by atomic mass is 32.2. The van der Waals surface area contributed by atoms with E-state index in [4.69, 9.17) is 4.74 Å². The van der Waals surface area contributed by atoms with Gasteiger partial charge in [0.2, 0.25) is 5.91 Å². The number of esters is 1. The Morgan fingerprint density at radius 2 is 1.79 bits per heavy atom. The van der Waals surface area contributed by atoms with Crippen molar-refractivity contribution >= 4 is 51.6 Å². The van der Waals surface area contributed by atoms with Crippen molar-refractivity contribution in [3.8, 4) is 11.1 Å². The lowest BCUT2D eigenvalue weighted by molar-refractivity contribution is -0.119. The minimum absolute atomic E-state index is 0.221. The molecular weight excluding hydrogens is 456 g/mol. The number of ether oxygens (including phenoxy) is 1. The lowest BCUT2D eigenvalue weighted by Crippen LogP contribution is -2.21. The largest absolute Gasteiger partial charge is 0.452 e. The highest BCUT2D eigenvalue weighted by Crippen LogP contribution is 2.36. The van der Waals surface area contributed by atoms with Gasteiger partial charge in [0.15, 0.2) is 6.61 Å². The third-order valence-electron chi connectivity index (χ3n) is 4.42. The van der Waals surface area contributed by atoms with E-state index >= 15 is 0 Å². The molecule has 3 aromatic rings. The molecule has 0 spiro atoms. The predicted molar refractivity (Wildman–Crippen MR) is 135 cm³/mol. The summed E-state index contributed by atoms with van der Waals surface area (Å²) in [5, 5.41) is 7.64. The average Bonchev–Trinajstić information content (AvgIpc) is 3.21. The van der Waals surface area contributed by atoms with E-state index < -0.39 is 18.5 Å². The highest BCUT2D eigenvalue weighted by molar-refractivity contribution is 7.98. The zero-order chi connectivity index (χ0) is 23.8. The minimum atomic E-state index is -0.685. The summed E-state index contributed by atoms with van der Waals surface area (Å²) in [6.45, 7) is 3.17. The third kappa shape index (κ3) is 6.81.